The Kier molecular flexibility index (Phi) is 6.83. The van der Waals surface area contributed by atoms with Crippen molar-refractivity contribution in [1.82, 2.24) is 4.31 Å². The summed E-state index contributed by atoms with van der Waals surface area (Å²) in [6.07, 6.45) is 2.46. The fourth-order valence-corrected chi connectivity index (χ4v) is 4.96. The summed E-state index contributed by atoms with van der Waals surface area (Å²) in [5.74, 6) is 0.673. The first-order valence-electron chi connectivity index (χ1n) is 9.96. The Labute approximate surface area is 189 Å². The van der Waals surface area contributed by atoms with Crippen LogP contribution < -0.4 is 4.18 Å². The minimum atomic E-state index is -3.83. The van der Waals surface area contributed by atoms with Crippen molar-refractivity contribution in [3.8, 4) is 5.75 Å². The second-order valence-electron chi connectivity index (χ2n) is 8.56. The second-order valence-corrected chi connectivity index (χ2v) is 12.1. The van der Waals surface area contributed by atoms with Crippen LogP contribution in [-0.2, 0) is 38.6 Å². The van der Waals surface area contributed by atoms with Gasteiger partial charge in [-0.1, -0.05) is 45.0 Å². The van der Waals surface area contributed by atoms with Gasteiger partial charge in [0.25, 0.3) is 0 Å². The molecule has 3 rings (SSSR count). The second kappa shape index (κ2) is 9.09. The highest BCUT2D eigenvalue weighted by Crippen LogP contribution is 2.26. The molecule has 0 aliphatic heterocycles. The van der Waals surface area contributed by atoms with Gasteiger partial charge in [-0.2, -0.15) is 12.7 Å². The summed E-state index contributed by atoms with van der Waals surface area (Å²) in [6, 6.07) is 16.6. The molecule has 0 aliphatic carbocycles. The zero-order valence-electron chi connectivity index (χ0n) is 18.5. The van der Waals surface area contributed by atoms with Gasteiger partial charge in [0.05, 0.1) is 24.0 Å². The zero-order valence-corrected chi connectivity index (χ0v) is 20.1. The zero-order chi connectivity index (χ0) is 23.6. The topological polar surface area (TPSA) is 93.9 Å². The molecule has 1 heterocycles. The average molecular weight is 478 g/mol. The lowest BCUT2D eigenvalue weighted by Crippen LogP contribution is -2.30. The minimum Gasteiger partial charge on any atom is -0.468 e. The molecule has 0 radical (unpaired) electrons. The third-order valence-corrected chi connectivity index (χ3v) is 7.10. The van der Waals surface area contributed by atoms with Gasteiger partial charge < -0.3 is 8.60 Å². The Hall–Kier alpha value is -2.62. The molecule has 2 aromatic carbocycles. The van der Waals surface area contributed by atoms with Gasteiger partial charge in [-0.05, 0) is 52.9 Å². The molecule has 9 heteroatoms. The van der Waals surface area contributed by atoms with E-state index in [1.165, 1.54) is 22.7 Å². The summed E-state index contributed by atoms with van der Waals surface area (Å²) in [4.78, 5) is 0.189. The fourth-order valence-electron chi connectivity index (χ4n) is 3.11. The first kappa shape index (κ1) is 24.0. The molecule has 0 atom stereocenters. The highest BCUT2D eigenvalue weighted by molar-refractivity contribution is 7.89. The summed E-state index contributed by atoms with van der Waals surface area (Å²) < 4.78 is 61.1. The quantitative estimate of drug-likeness (QED) is 0.449. The Morgan fingerprint density at radius 2 is 1.50 bits per heavy atom. The number of rotatable bonds is 8. The van der Waals surface area contributed by atoms with E-state index in [4.69, 9.17) is 8.60 Å². The van der Waals surface area contributed by atoms with Gasteiger partial charge in [0.1, 0.15) is 11.5 Å². The van der Waals surface area contributed by atoms with Crippen LogP contribution in [0.2, 0.25) is 0 Å². The number of nitrogens with zero attached hydrogens (tertiary/aromatic N) is 1. The van der Waals surface area contributed by atoms with E-state index in [9.17, 15) is 16.8 Å². The predicted molar refractivity (Wildman–Crippen MR) is 122 cm³/mol. The molecule has 7 nitrogen and oxygen atoms in total. The van der Waals surface area contributed by atoms with Gasteiger partial charge >= 0.3 is 10.1 Å². The molecule has 0 aliphatic rings. The monoisotopic (exact) mass is 477 g/mol. The Bertz CT molecular complexity index is 1240. The van der Waals surface area contributed by atoms with Gasteiger partial charge in [-0.15, -0.1) is 0 Å². The standard InChI is InChI=1S/C23H27NO6S2/c1-23(2,3)19-9-13-22(14-10-19)32(27,28)24(17-21-6-5-15-29-21)16-18-7-11-20(12-8-18)30-31(4,25)26/h5-15H,16-17H2,1-4H3. The minimum absolute atomic E-state index is 0.0535. The average Bonchev–Trinajstić information content (AvgIpc) is 3.20. The molecule has 0 fully saturated rings. The smallest absolute Gasteiger partial charge is 0.306 e. The van der Waals surface area contributed by atoms with Gasteiger partial charge in [0.15, 0.2) is 0 Å². The van der Waals surface area contributed by atoms with E-state index in [-0.39, 0.29) is 29.1 Å². The molecule has 0 unspecified atom stereocenters. The number of hydrogen-bond donors (Lipinski definition) is 0. The van der Waals surface area contributed by atoms with E-state index in [1.54, 1.807) is 36.4 Å². The van der Waals surface area contributed by atoms with Crippen molar-refractivity contribution < 1.29 is 25.4 Å². The van der Waals surface area contributed by atoms with Crippen LogP contribution in [0.5, 0.6) is 5.75 Å². The van der Waals surface area contributed by atoms with Gasteiger partial charge in [0.2, 0.25) is 10.0 Å². The molecular weight excluding hydrogens is 450 g/mol. The molecule has 3 aromatic rings. The summed E-state index contributed by atoms with van der Waals surface area (Å²) in [5.41, 5.74) is 1.62. The maximum Gasteiger partial charge on any atom is 0.306 e. The van der Waals surface area contributed by atoms with E-state index >= 15 is 0 Å². The molecule has 1 aromatic heterocycles. The third-order valence-electron chi connectivity index (χ3n) is 4.80. The first-order valence-corrected chi connectivity index (χ1v) is 13.2. The van der Waals surface area contributed by atoms with Crippen LogP contribution in [0, 0.1) is 0 Å². The first-order chi connectivity index (χ1) is 14.8. The number of furan rings is 1. The van der Waals surface area contributed by atoms with Gasteiger partial charge in [-0.3, -0.25) is 0 Å². The van der Waals surface area contributed by atoms with Crippen LogP contribution in [-0.4, -0.2) is 27.4 Å². The third kappa shape index (κ3) is 6.21. The molecular formula is C23H27NO6S2. The Balaban J connectivity index is 1.90. The molecule has 172 valence electrons. The summed E-state index contributed by atoms with van der Waals surface area (Å²) in [6.45, 7) is 6.33. The highest BCUT2D eigenvalue weighted by Gasteiger charge is 2.26. The molecule has 32 heavy (non-hydrogen) atoms. The van der Waals surface area contributed by atoms with E-state index in [1.807, 2.05) is 12.1 Å². The maximum atomic E-state index is 13.5. The van der Waals surface area contributed by atoms with Crippen molar-refractivity contribution in [2.45, 2.75) is 44.2 Å². The highest BCUT2D eigenvalue weighted by atomic mass is 32.2. The van der Waals surface area contributed by atoms with Gasteiger partial charge in [0, 0.05) is 6.54 Å². The summed E-state index contributed by atoms with van der Waals surface area (Å²) in [5, 5.41) is 0. The molecule has 0 amide bonds. The molecule has 0 saturated carbocycles. The lowest BCUT2D eigenvalue weighted by atomic mass is 9.87. The summed E-state index contributed by atoms with van der Waals surface area (Å²) in [7, 11) is -7.47. The van der Waals surface area contributed by atoms with Crippen LogP contribution in [0.1, 0.15) is 37.7 Å². The van der Waals surface area contributed by atoms with E-state index in [2.05, 4.69) is 20.8 Å². The van der Waals surface area contributed by atoms with Crippen molar-refractivity contribution in [2.75, 3.05) is 6.26 Å². The van der Waals surface area contributed by atoms with Crippen molar-refractivity contribution in [3.05, 3.63) is 83.8 Å². The lowest BCUT2D eigenvalue weighted by Gasteiger charge is -2.23. The van der Waals surface area contributed by atoms with Crippen molar-refractivity contribution in [1.29, 1.82) is 0 Å². The van der Waals surface area contributed by atoms with Gasteiger partial charge in [-0.25, -0.2) is 8.42 Å². The van der Waals surface area contributed by atoms with Crippen molar-refractivity contribution in [2.24, 2.45) is 0 Å². The number of hydrogen-bond acceptors (Lipinski definition) is 6. The lowest BCUT2D eigenvalue weighted by molar-refractivity contribution is 0.358. The van der Waals surface area contributed by atoms with Crippen LogP contribution in [0.3, 0.4) is 0 Å². The normalized spacial score (nSPS) is 12.8. The fraction of sp³-hybridized carbons (Fsp3) is 0.304. The predicted octanol–water partition coefficient (Wildman–Crippen LogP) is 4.31. The van der Waals surface area contributed by atoms with E-state index in [0.29, 0.717) is 11.3 Å². The number of sulfonamides is 1. The molecule has 0 bridgehead atoms. The van der Waals surface area contributed by atoms with E-state index in [0.717, 1.165) is 11.8 Å². The molecule has 0 N–H and O–H groups in total. The molecule has 0 spiro atoms. The van der Waals surface area contributed by atoms with Crippen LogP contribution in [0.25, 0.3) is 0 Å². The Morgan fingerprint density at radius 1 is 0.875 bits per heavy atom. The van der Waals surface area contributed by atoms with Crippen LogP contribution in [0.15, 0.2) is 76.2 Å². The van der Waals surface area contributed by atoms with Crippen LogP contribution in [0.4, 0.5) is 0 Å². The van der Waals surface area contributed by atoms with Crippen molar-refractivity contribution >= 4 is 20.1 Å². The largest absolute Gasteiger partial charge is 0.468 e. The SMILES string of the molecule is CC(C)(C)c1ccc(S(=O)(=O)N(Cc2ccc(OS(C)(=O)=O)cc2)Cc2ccco2)cc1. The van der Waals surface area contributed by atoms with E-state index < -0.39 is 20.1 Å². The van der Waals surface area contributed by atoms with Crippen molar-refractivity contribution in [3.63, 3.8) is 0 Å². The molecule has 0 saturated heterocycles. The summed E-state index contributed by atoms with van der Waals surface area (Å²) >= 11 is 0. The maximum absolute atomic E-state index is 13.5. The Morgan fingerprint density at radius 3 is 2.00 bits per heavy atom. The number of benzene rings is 2. The van der Waals surface area contributed by atoms with Crippen LogP contribution >= 0.6 is 0 Å².